The molecule has 15 heteroatoms. The molecule has 3 aliphatic heterocycles. The number of rotatable bonds is 4. The van der Waals surface area contributed by atoms with Crippen LogP contribution in [0.15, 0.2) is 60.7 Å². The molecule has 0 saturated carbocycles. The average molecular weight is 603 g/mol. The van der Waals surface area contributed by atoms with E-state index in [4.69, 9.17) is 40.6 Å². The maximum absolute atomic E-state index is 11.5. The fraction of sp³-hybridized carbons (Fsp3) is 0.296. The molecular formula is C27H30N4O10S. The Balaban J connectivity index is 1.44. The molecule has 3 heterocycles. The van der Waals surface area contributed by atoms with Gasteiger partial charge < -0.3 is 59.9 Å². The molecule has 2 aromatic carbocycles. The molecule has 42 heavy (non-hydrogen) atoms. The SMILES string of the molecule is O=C(O)c1ccc(NC(=S)Nc2ccc3c(c2)OCCNC=C2OCCOC(=CNCCO3)OCCO2)cc1C(=O)O. The number of carboxylic acids is 2. The van der Waals surface area contributed by atoms with Gasteiger partial charge in [-0.25, -0.2) is 9.59 Å². The van der Waals surface area contributed by atoms with E-state index in [1.165, 1.54) is 18.2 Å². The van der Waals surface area contributed by atoms with Gasteiger partial charge in [-0.15, -0.1) is 0 Å². The topological polar surface area (TPSA) is 178 Å². The van der Waals surface area contributed by atoms with Gasteiger partial charge in [-0.1, -0.05) is 0 Å². The Labute approximate surface area is 246 Å². The molecule has 2 bridgehead atoms. The summed E-state index contributed by atoms with van der Waals surface area (Å²) in [6, 6.07) is 8.99. The van der Waals surface area contributed by atoms with Crippen LogP contribution in [0, 0.1) is 0 Å². The summed E-state index contributed by atoms with van der Waals surface area (Å²) < 4.78 is 34.3. The van der Waals surface area contributed by atoms with Crippen LogP contribution in [0.2, 0.25) is 0 Å². The van der Waals surface area contributed by atoms with Crippen LogP contribution >= 0.6 is 12.2 Å². The van der Waals surface area contributed by atoms with E-state index in [-0.39, 0.29) is 49.3 Å². The van der Waals surface area contributed by atoms with Crippen molar-refractivity contribution in [2.45, 2.75) is 0 Å². The molecule has 0 radical (unpaired) electrons. The predicted octanol–water partition coefficient (Wildman–Crippen LogP) is 2.52. The summed E-state index contributed by atoms with van der Waals surface area (Å²) in [5, 5.41) is 30.8. The Morgan fingerprint density at radius 1 is 0.643 bits per heavy atom. The molecule has 0 unspecified atom stereocenters. The van der Waals surface area contributed by atoms with Crippen molar-refractivity contribution >= 4 is 40.6 Å². The summed E-state index contributed by atoms with van der Waals surface area (Å²) in [7, 11) is 0. The highest BCUT2D eigenvalue weighted by molar-refractivity contribution is 7.80. The Bertz CT molecular complexity index is 1330. The number of carboxylic acid groups (broad SMARTS) is 2. The molecule has 0 spiro atoms. The fourth-order valence-corrected chi connectivity index (χ4v) is 3.90. The van der Waals surface area contributed by atoms with Crippen molar-refractivity contribution in [3.05, 3.63) is 71.8 Å². The summed E-state index contributed by atoms with van der Waals surface area (Å²) in [5.74, 6) is -1.14. The number of benzene rings is 2. The smallest absolute Gasteiger partial charge is 0.336 e. The summed E-state index contributed by atoms with van der Waals surface area (Å²) in [6.07, 6.45) is 3.21. The summed E-state index contributed by atoms with van der Waals surface area (Å²) in [5.41, 5.74) is 0.177. The molecule has 1 saturated heterocycles. The summed E-state index contributed by atoms with van der Waals surface area (Å²) in [4.78, 5) is 22.8. The number of aromatic carboxylic acids is 2. The van der Waals surface area contributed by atoms with Gasteiger partial charge in [0, 0.05) is 30.5 Å². The molecule has 5 rings (SSSR count). The number of carbonyl (C=O) groups is 2. The van der Waals surface area contributed by atoms with Crippen molar-refractivity contribution in [3.63, 3.8) is 0 Å². The number of hydrogen-bond donors (Lipinski definition) is 6. The lowest BCUT2D eigenvalue weighted by Gasteiger charge is -2.19. The Morgan fingerprint density at radius 3 is 1.69 bits per heavy atom. The molecule has 1 fully saturated rings. The average Bonchev–Trinajstić information content (AvgIpc) is 2.96. The third-order valence-corrected chi connectivity index (χ3v) is 5.74. The summed E-state index contributed by atoms with van der Waals surface area (Å²) >= 11 is 5.37. The number of ether oxygens (including phenoxy) is 6. The minimum absolute atomic E-state index is 0.146. The normalized spacial score (nSPS) is 15.7. The van der Waals surface area contributed by atoms with Crippen LogP contribution in [0.4, 0.5) is 11.4 Å². The number of nitrogens with one attached hydrogen (secondary N) is 4. The third-order valence-electron chi connectivity index (χ3n) is 5.53. The highest BCUT2D eigenvalue weighted by Gasteiger charge is 2.17. The van der Waals surface area contributed by atoms with Crippen molar-refractivity contribution in [2.24, 2.45) is 0 Å². The van der Waals surface area contributed by atoms with E-state index < -0.39 is 11.9 Å². The van der Waals surface area contributed by atoms with Gasteiger partial charge in [-0.2, -0.15) is 0 Å². The molecular weight excluding hydrogens is 572 g/mol. The van der Waals surface area contributed by atoms with Crippen LogP contribution in [0.25, 0.3) is 0 Å². The first-order chi connectivity index (χ1) is 20.4. The van der Waals surface area contributed by atoms with E-state index in [0.717, 1.165) is 0 Å². The Morgan fingerprint density at radius 2 is 1.14 bits per heavy atom. The fourth-order valence-electron chi connectivity index (χ4n) is 3.67. The van der Waals surface area contributed by atoms with Crippen LogP contribution in [0.1, 0.15) is 20.7 Å². The lowest BCUT2D eigenvalue weighted by atomic mass is 10.1. The second kappa shape index (κ2) is 15.1. The minimum Gasteiger partial charge on any atom is -0.488 e. The van der Waals surface area contributed by atoms with Gasteiger partial charge in [-0.3, -0.25) is 0 Å². The van der Waals surface area contributed by atoms with Crippen molar-refractivity contribution in [1.82, 2.24) is 10.6 Å². The summed E-state index contributed by atoms with van der Waals surface area (Å²) in [6.45, 7) is 2.54. The number of thiocarbonyl (C=S) groups is 1. The second-order valence-electron chi connectivity index (χ2n) is 8.54. The molecule has 14 nitrogen and oxygen atoms in total. The quantitative estimate of drug-likeness (QED) is 0.281. The molecule has 0 aromatic heterocycles. The maximum atomic E-state index is 11.5. The molecule has 6 N–H and O–H groups in total. The van der Waals surface area contributed by atoms with E-state index >= 15 is 0 Å². The standard InChI is InChI=1S/C27H30N4O10S/c32-25(33)19-3-1-17(13-20(19)26(34)35)30-27(42)31-18-2-4-21-22(14-18)37-8-6-29-16-24-40-11-9-38-23(39-10-12-41-24)15-28-5-7-36-21/h1-4,13-16,28-29H,5-12H2,(H,32,33)(H,34,35)(H2,30,31,42). The highest BCUT2D eigenvalue weighted by atomic mass is 32.1. The van der Waals surface area contributed by atoms with Crippen molar-refractivity contribution < 1.29 is 48.2 Å². The van der Waals surface area contributed by atoms with Crippen LogP contribution < -0.4 is 30.7 Å². The first kappa shape index (κ1) is 29.9. The number of fused-ring (bicyclic) bond motifs is 14. The highest BCUT2D eigenvalue weighted by Crippen LogP contribution is 2.31. The zero-order valence-electron chi connectivity index (χ0n) is 22.3. The van der Waals surface area contributed by atoms with E-state index in [2.05, 4.69) is 21.3 Å². The minimum atomic E-state index is -1.37. The molecule has 2 aromatic rings. The third kappa shape index (κ3) is 8.99. The largest absolute Gasteiger partial charge is 0.488 e. The van der Waals surface area contributed by atoms with Gasteiger partial charge in [0.2, 0.25) is 0 Å². The van der Waals surface area contributed by atoms with Crippen LogP contribution in [-0.4, -0.2) is 80.0 Å². The van der Waals surface area contributed by atoms with Crippen molar-refractivity contribution in [2.75, 3.05) is 63.4 Å². The van der Waals surface area contributed by atoms with Gasteiger partial charge in [0.1, 0.15) is 39.6 Å². The van der Waals surface area contributed by atoms with E-state index in [0.29, 0.717) is 54.5 Å². The maximum Gasteiger partial charge on any atom is 0.336 e. The zero-order chi connectivity index (χ0) is 29.7. The molecule has 224 valence electrons. The number of hydrogen-bond acceptors (Lipinski definition) is 11. The van der Waals surface area contributed by atoms with Gasteiger partial charge in [0.25, 0.3) is 11.9 Å². The lowest BCUT2D eigenvalue weighted by molar-refractivity contribution is -0.0549. The van der Waals surface area contributed by atoms with Gasteiger partial charge in [-0.05, 0) is 42.5 Å². The molecule has 3 aliphatic rings. The number of anilines is 2. The van der Waals surface area contributed by atoms with Crippen LogP contribution in [-0.2, 0) is 18.9 Å². The van der Waals surface area contributed by atoms with Gasteiger partial charge in [0.05, 0.1) is 23.5 Å². The monoisotopic (exact) mass is 602 g/mol. The Kier molecular flexibility index (Phi) is 10.7. The van der Waals surface area contributed by atoms with Crippen LogP contribution in [0.3, 0.4) is 0 Å². The zero-order valence-corrected chi connectivity index (χ0v) is 23.2. The molecule has 0 amide bonds. The second-order valence-corrected chi connectivity index (χ2v) is 8.95. The lowest BCUT2D eigenvalue weighted by Crippen LogP contribution is -2.22. The van der Waals surface area contributed by atoms with Crippen molar-refractivity contribution in [3.8, 4) is 11.5 Å². The van der Waals surface area contributed by atoms with Crippen molar-refractivity contribution in [1.29, 1.82) is 0 Å². The molecule has 0 aliphatic carbocycles. The molecule has 0 atom stereocenters. The predicted molar refractivity (Wildman–Crippen MR) is 154 cm³/mol. The van der Waals surface area contributed by atoms with Gasteiger partial charge >= 0.3 is 11.9 Å². The first-order valence-electron chi connectivity index (χ1n) is 12.9. The first-order valence-corrected chi connectivity index (χ1v) is 13.3. The Hall–Kier alpha value is -5.05. The van der Waals surface area contributed by atoms with Gasteiger partial charge in [0.15, 0.2) is 16.6 Å². The van der Waals surface area contributed by atoms with E-state index in [9.17, 15) is 19.8 Å². The van der Waals surface area contributed by atoms with Crippen LogP contribution in [0.5, 0.6) is 11.5 Å². The van der Waals surface area contributed by atoms with E-state index in [1.54, 1.807) is 30.6 Å². The van der Waals surface area contributed by atoms with E-state index in [1.807, 2.05) is 0 Å².